The number of hydrogen-bond donors (Lipinski definition) is 1. The summed E-state index contributed by atoms with van der Waals surface area (Å²) in [5, 5.41) is 2.21. The summed E-state index contributed by atoms with van der Waals surface area (Å²) in [6, 6.07) is 1.34. The molecule has 1 atom stereocenters. The van der Waals surface area contributed by atoms with E-state index in [9.17, 15) is 27.2 Å². The third-order valence-corrected chi connectivity index (χ3v) is 6.99. The van der Waals surface area contributed by atoms with Crippen molar-refractivity contribution >= 4 is 11.9 Å². The van der Waals surface area contributed by atoms with E-state index in [0.717, 1.165) is 31.4 Å². The lowest BCUT2D eigenvalue weighted by Gasteiger charge is -2.15. The molecule has 0 radical (unpaired) electrons. The number of ether oxygens (including phenoxy) is 1. The van der Waals surface area contributed by atoms with Crippen molar-refractivity contribution in [3.63, 3.8) is 0 Å². The molecule has 224 valence electrons. The van der Waals surface area contributed by atoms with Gasteiger partial charge in [-0.15, -0.1) is 0 Å². The van der Waals surface area contributed by atoms with Gasteiger partial charge in [-0.25, -0.2) is 9.18 Å². The standard InChI is InChI=1S/C31H49F4NO3/c1-3-4-5-6-7-8-9-10-11-12-13-14-15-16-17-18-19-20-24-39-30(38)25(2)36-29(37)26-22-21-23-27(28(26)32)31(33,34)35/h21-23,25H,3-20,24H2,1-2H3,(H,36,37). The Morgan fingerprint density at radius 2 is 1.21 bits per heavy atom. The van der Waals surface area contributed by atoms with E-state index in [1.54, 1.807) is 0 Å². The van der Waals surface area contributed by atoms with Gasteiger partial charge in [0.1, 0.15) is 11.9 Å². The van der Waals surface area contributed by atoms with Crippen LogP contribution in [0.3, 0.4) is 0 Å². The summed E-state index contributed by atoms with van der Waals surface area (Å²) in [7, 11) is 0. The third-order valence-electron chi connectivity index (χ3n) is 6.99. The van der Waals surface area contributed by atoms with E-state index in [4.69, 9.17) is 4.74 Å². The maximum Gasteiger partial charge on any atom is 0.419 e. The van der Waals surface area contributed by atoms with Crippen LogP contribution in [0.1, 0.15) is 145 Å². The van der Waals surface area contributed by atoms with E-state index < -0.39 is 41.0 Å². The van der Waals surface area contributed by atoms with Crippen molar-refractivity contribution in [1.29, 1.82) is 0 Å². The number of unbranched alkanes of at least 4 members (excludes halogenated alkanes) is 17. The van der Waals surface area contributed by atoms with Crippen LogP contribution in [-0.4, -0.2) is 24.5 Å². The Hall–Kier alpha value is -2.12. The van der Waals surface area contributed by atoms with Crippen molar-refractivity contribution in [2.45, 2.75) is 142 Å². The highest BCUT2D eigenvalue weighted by molar-refractivity contribution is 5.97. The molecule has 0 heterocycles. The summed E-state index contributed by atoms with van der Waals surface area (Å²) in [6.07, 6.45) is 17.8. The number of nitrogens with one attached hydrogen (secondary N) is 1. The van der Waals surface area contributed by atoms with Crippen molar-refractivity contribution in [2.24, 2.45) is 0 Å². The molecule has 1 aromatic carbocycles. The Labute approximate surface area is 232 Å². The van der Waals surface area contributed by atoms with E-state index in [-0.39, 0.29) is 6.61 Å². The van der Waals surface area contributed by atoms with Gasteiger partial charge in [0.25, 0.3) is 5.91 Å². The van der Waals surface area contributed by atoms with E-state index in [2.05, 4.69) is 12.2 Å². The summed E-state index contributed by atoms with van der Waals surface area (Å²) in [4.78, 5) is 24.3. The maximum absolute atomic E-state index is 14.1. The fraction of sp³-hybridized carbons (Fsp3) is 0.742. The molecule has 0 aliphatic carbocycles. The Morgan fingerprint density at radius 1 is 0.769 bits per heavy atom. The van der Waals surface area contributed by atoms with Crippen molar-refractivity contribution in [1.82, 2.24) is 5.32 Å². The van der Waals surface area contributed by atoms with Crippen LogP contribution in [-0.2, 0) is 15.7 Å². The number of carbonyl (C=O) groups is 2. The molecule has 1 unspecified atom stereocenters. The summed E-state index contributed by atoms with van der Waals surface area (Å²) >= 11 is 0. The number of amides is 1. The first kappa shape index (κ1) is 34.9. The molecule has 1 aromatic rings. The second-order valence-corrected chi connectivity index (χ2v) is 10.5. The third kappa shape index (κ3) is 15.9. The van der Waals surface area contributed by atoms with Gasteiger partial charge >= 0.3 is 12.1 Å². The van der Waals surface area contributed by atoms with E-state index in [1.807, 2.05) is 0 Å². The average Bonchev–Trinajstić information content (AvgIpc) is 2.89. The van der Waals surface area contributed by atoms with E-state index in [1.165, 1.54) is 96.8 Å². The molecule has 4 nitrogen and oxygen atoms in total. The highest BCUT2D eigenvalue weighted by Gasteiger charge is 2.36. The lowest BCUT2D eigenvalue weighted by molar-refractivity contribution is -0.145. The molecule has 0 fully saturated rings. The van der Waals surface area contributed by atoms with Crippen LogP contribution in [0.5, 0.6) is 0 Å². The van der Waals surface area contributed by atoms with Crippen LogP contribution in [0.4, 0.5) is 17.6 Å². The fourth-order valence-corrected chi connectivity index (χ4v) is 4.56. The molecule has 8 heteroatoms. The first-order valence-electron chi connectivity index (χ1n) is 15.0. The molecule has 0 aliphatic rings. The zero-order valence-corrected chi connectivity index (χ0v) is 24.0. The predicted molar refractivity (Wildman–Crippen MR) is 148 cm³/mol. The van der Waals surface area contributed by atoms with Gasteiger partial charge in [0.2, 0.25) is 0 Å². The summed E-state index contributed by atoms with van der Waals surface area (Å²) in [5.41, 5.74) is -2.30. The monoisotopic (exact) mass is 559 g/mol. The van der Waals surface area contributed by atoms with Crippen LogP contribution >= 0.6 is 0 Å². The van der Waals surface area contributed by atoms with E-state index in [0.29, 0.717) is 12.5 Å². The van der Waals surface area contributed by atoms with Gasteiger partial charge in [-0.05, 0) is 25.5 Å². The lowest BCUT2D eigenvalue weighted by atomic mass is 10.0. The van der Waals surface area contributed by atoms with Crippen LogP contribution in [0.25, 0.3) is 0 Å². The number of alkyl halides is 3. The molecule has 39 heavy (non-hydrogen) atoms. The zero-order valence-electron chi connectivity index (χ0n) is 24.0. The summed E-state index contributed by atoms with van der Waals surface area (Å²) in [6.45, 7) is 3.81. The average molecular weight is 560 g/mol. The van der Waals surface area contributed by atoms with Gasteiger partial charge in [-0.3, -0.25) is 4.79 Å². The first-order valence-corrected chi connectivity index (χ1v) is 15.0. The largest absolute Gasteiger partial charge is 0.464 e. The number of esters is 1. The van der Waals surface area contributed by atoms with Crippen LogP contribution in [0.15, 0.2) is 18.2 Å². The minimum atomic E-state index is -4.92. The molecule has 0 saturated carbocycles. The Morgan fingerprint density at radius 3 is 1.64 bits per heavy atom. The predicted octanol–water partition coefficient (Wildman–Crippen LogP) is 9.55. The molecule has 0 spiro atoms. The number of hydrogen-bond acceptors (Lipinski definition) is 3. The van der Waals surface area contributed by atoms with Gasteiger partial charge in [0.15, 0.2) is 0 Å². The highest BCUT2D eigenvalue weighted by atomic mass is 19.4. The van der Waals surface area contributed by atoms with Gasteiger partial charge in [-0.2, -0.15) is 13.2 Å². The quantitative estimate of drug-likeness (QED) is 0.0874. The van der Waals surface area contributed by atoms with Gasteiger partial charge in [-0.1, -0.05) is 122 Å². The first-order chi connectivity index (χ1) is 18.7. The smallest absolute Gasteiger partial charge is 0.419 e. The second kappa shape index (κ2) is 20.7. The maximum atomic E-state index is 14.1. The Balaban J connectivity index is 2.01. The van der Waals surface area contributed by atoms with Gasteiger partial charge in [0.05, 0.1) is 17.7 Å². The Bertz CT molecular complexity index is 814. The fourth-order valence-electron chi connectivity index (χ4n) is 4.56. The second-order valence-electron chi connectivity index (χ2n) is 10.5. The lowest BCUT2D eigenvalue weighted by Crippen LogP contribution is -2.40. The molecule has 1 N–H and O–H groups in total. The van der Waals surface area contributed by atoms with Crippen molar-refractivity contribution < 1.29 is 31.9 Å². The number of rotatable bonds is 22. The summed E-state index contributed by atoms with van der Waals surface area (Å²) < 4.78 is 57.8. The van der Waals surface area contributed by atoms with Crippen molar-refractivity contribution in [2.75, 3.05) is 6.61 Å². The minimum absolute atomic E-state index is 0.204. The zero-order chi connectivity index (χ0) is 28.9. The van der Waals surface area contributed by atoms with Crippen LogP contribution in [0.2, 0.25) is 0 Å². The van der Waals surface area contributed by atoms with Gasteiger partial charge in [0, 0.05) is 0 Å². The number of halogens is 4. The highest BCUT2D eigenvalue weighted by Crippen LogP contribution is 2.32. The normalized spacial score (nSPS) is 12.4. The van der Waals surface area contributed by atoms with Crippen LogP contribution in [0, 0.1) is 5.82 Å². The molecule has 1 amide bonds. The Kier molecular flexibility index (Phi) is 18.6. The van der Waals surface area contributed by atoms with Crippen molar-refractivity contribution in [3.05, 3.63) is 35.1 Å². The van der Waals surface area contributed by atoms with Crippen LogP contribution < -0.4 is 5.32 Å². The minimum Gasteiger partial charge on any atom is -0.464 e. The topological polar surface area (TPSA) is 55.4 Å². The SMILES string of the molecule is CCCCCCCCCCCCCCCCCCCCOC(=O)C(C)NC(=O)c1cccc(C(F)(F)F)c1F. The molecule has 0 bridgehead atoms. The molecular formula is C31H49F4NO3. The molecular weight excluding hydrogens is 510 g/mol. The number of benzene rings is 1. The molecule has 0 aromatic heterocycles. The van der Waals surface area contributed by atoms with E-state index >= 15 is 0 Å². The molecule has 0 saturated heterocycles. The molecule has 0 aliphatic heterocycles. The van der Waals surface area contributed by atoms with Crippen molar-refractivity contribution in [3.8, 4) is 0 Å². The van der Waals surface area contributed by atoms with Gasteiger partial charge < -0.3 is 10.1 Å². The molecule has 1 rings (SSSR count). The number of carbonyl (C=O) groups excluding carboxylic acids is 2. The summed E-state index contributed by atoms with van der Waals surface area (Å²) in [5.74, 6) is -3.47.